The minimum Gasteiger partial charge on any atom is -0.352 e. The van der Waals surface area contributed by atoms with Crippen LogP contribution in [0.5, 0.6) is 0 Å². The maximum Gasteiger partial charge on any atom is 0.221 e. The first-order valence-corrected chi connectivity index (χ1v) is 7.29. The lowest BCUT2D eigenvalue weighted by Crippen LogP contribution is -2.31. The molecule has 3 rings (SSSR count). The summed E-state index contributed by atoms with van der Waals surface area (Å²) in [4.78, 5) is 11.9. The van der Waals surface area contributed by atoms with E-state index < -0.39 is 0 Å². The number of hydrogen-bond donors (Lipinski definition) is 2. The van der Waals surface area contributed by atoms with Crippen molar-refractivity contribution in [1.29, 1.82) is 0 Å². The Labute approximate surface area is 131 Å². The first-order chi connectivity index (χ1) is 9.81. The molecule has 21 heavy (non-hydrogen) atoms. The van der Waals surface area contributed by atoms with Crippen LogP contribution >= 0.6 is 12.4 Å². The maximum absolute atomic E-state index is 11.9. The Morgan fingerprint density at radius 3 is 2.76 bits per heavy atom. The van der Waals surface area contributed by atoms with Gasteiger partial charge in [-0.2, -0.15) is 0 Å². The van der Waals surface area contributed by atoms with E-state index in [4.69, 9.17) is 0 Å². The molecule has 2 N–H and O–H groups in total. The van der Waals surface area contributed by atoms with Gasteiger partial charge in [-0.15, -0.1) is 12.4 Å². The van der Waals surface area contributed by atoms with Crippen LogP contribution in [0.3, 0.4) is 0 Å². The summed E-state index contributed by atoms with van der Waals surface area (Å²) in [5.41, 5.74) is 1.15. The number of benzene rings is 2. The lowest BCUT2D eigenvalue weighted by atomic mass is 10.1. The van der Waals surface area contributed by atoms with Gasteiger partial charge in [-0.1, -0.05) is 36.4 Å². The van der Waals surface area contributed by atoms with Gasteiger partial charge in [0.1, 0.15) is 0 Å². The summed E-state index contributed by atoms with van der Waals surface area (Å²) in [7, 11) is 0. The Morgan fingerprint density at radius 1 is 1.19 bits per heavy atom. The van der Waals surface area contributed by atoms with Crippen molar-refractivity contribution in [1.82, 2.24) is 10.6 Å². The highest BCUT2D eigenvalue weighted by molar-refractivity contribution is 5.85. The Kier molecular flexibility index (Phi) is 5.59. The monoisotopic (exact) mass is 304 g/mol. The predicted molar refractivity (Wildman–Crippen MR) is 88.7 cm³/mol. The molecule has 1 fully saturated rings. The largest absolute Gasteiger partial charge is 0.352 e. The highest BCUT2D eigenvalue weighted by atomic mass is 35.5. The molecule has 2 aromatic rings. The number of fused-ring (bicyclic) bond motifs is 1. The fourth-order valence-corrected chi connectivity index (χ4v) is 2.78. The molecule has 1 saturated heterocycles. The Bertz CT molecular complexity index is 609. The van der Waals surface area contributed by atoms with Crippen LogP contribution < -0.4 is 10.6 Å². The molecule has 0 radical (unpaired) electrons. The second-order valence-corrected chi connectivity index (χ2v) is 5.46. The molecule has 0 spiro atoms. The minimum atomic E-state index is 0. The fraction of sp³-hybridized carbons (Fsp3) is 0.353. The fourth-order valence-electron chi connectivity index (χ4n) is 2.78. The van der Waals surface area contributed by atoms with Crippen LogP contribution in [0.25, 0.3) is 10.8 Å². The molecule has 1 amide bonds. The second kappa shape index (κ2) is 7.43. The molecule has 1 atom stereocenters. The minimum absolute atomic E-state index is 0. The van der Waals surface area contributed by atoms with Crippen molar-refractivity contribution >= 4 is 29.1 Å². The molecular weight excluding hydrogens is 284 g/mol. The number of carbonyl (C=O) groups excluding carboxylic acids is 1. The molecule has 3 nitrogen and oxygen atoms in total. The van der Waals surface area contributed by atoms with Crippen LogP contribution in [0.4, 0.5) is 0 Å². The van der Waals surface area contributed by atoms with Crippen LogP contribution in [0.1, 0.15) is 24.8 Å². The third-order valence-corrected chi connectivity index (χ3v) is 3.90. The smallest absolute Gasteiger partial charge is 0.221 e. The quantitative estimate of drug-likeness (QED) is 0.911. The van der Waals surface area contributed by atoms with Gasteiger partial charge in [-0.05, 0) is 41.8 Å². The number of nitrogens with one attached hydrogen (secondary N) is 2. The average molecular weight is 305 g/mol. The number of hydrogen-bond acceptors (Lipinski definition) is 2. The Hall–Kier alpha value is -1.58. The molecule has 0 bridgehead atoms. The van der Waals surface area contributed by atoms with E-state index in [1.807, 2.05) is 12.1 Å². The SMILES string of the molecule is Cl.O=C(CC1CCCN1)NCc1ccc2ccccc2c1. The number of carbonyl (C=O) groups is 1. The molecule has 2 aromatic carbocycles. The number of amides is 1. The molecule has 4 heteroatoms. The topological polar surface area (TPSA) is 41.1 Å². The van der Waals surface area contributed by atoms with E-state index in [0.29, 0.717) is 19.0 Å². The van der Waals surface area contributed by atoms with Crippen molar-refractivity contribution in [2.75, 3.05) is 6.54 Å². The van der Waals surface area contributed by atoms with E-state index in [-0.39, 0.29) is 18.3 Å². The molecule has 1 aliphatic rings. The normalized spacial score (nSPS) is 17.4. The standard InChI is InChI=1S/C17H20N2O.ClH/c20-17(11-16-6-3-9-18-16)19-12-13-7-8-14-4-1-2-5-15(14)10-13;/h1-2,4-5,7-8,10,16,18H,3,6,9,11-12H2,(H,19,20);1H. The highest BCUT2D eigenvalue weighted by Gasteiger charge is 2.17. The molecular formula is C17H21ClN2O. The van der Waals surface area contributed by atoms with Crippen molar-refractivity contribution in [3.8, 4) is 0 Å². The Balaban J connectivity index is 0.00000161. The third-order valence-electron chi connectivity index (χ3n) is 3.90. The van der Waals surface area contributed by atoms with Crippen LogP contribution in [-0.4, -0.2) is 18.5 Å². The summed E-state index contributed by atoms with van der Waals surface area (Å²) < 4.78 is 0. The summed E-state index contributed by atoms with van der Waals surface area (Å²) in [6.07, 6.45) is 2.89. The van der Waals surface area contributed by atoms with Gasteiger partial charge in [0.2, 0.25) is 5.91 Å². The first kappa shape index (κ1) is 15.8. The zero-order valence-corrected chi connectivity index (χ0v) is 12.8. The number of rotatable bonds is 4. The van der Waals surface area contributed by atoms with Gasteiger partial charge in [0, 0.05) is 19.0 Å². The van der Waals surface area contributed by atoms with Gasteiger partial charge in [0.25, 0.3) is 0 Å². The highest BCUT2D eigenvalue weighted by Crippen LogP contribution is 2.15. The van der Waals surface area contributed by atoms with Crippen molar-refractivity contribution in [3.05, 3.63) is 48.0 Å². The predicted octanol–water partition coefficient (Wildman–Crippen LogP) is 3.02. The molecule has 0 aliphatic carbocycles. The van der Waals surface area contributed by atoms with Gasteiger partial charge < -0.3 is 10.6 Å². The van der Waals surface area contributed by atoms with Crippen LogP contribution in [0.2, 0.25) is 0 Å². The van der Waals surface area contributed by atoms with Crippen LogP contribution in [-0.2, 0) is 11.3 Å². The van der Waals surface area contributed by atoms with Crippen molar-refractivity contribution < 1.29 is 4.79 Å². The maximum atomic E-state index is 11.9. The van der Waals surface area contributed by atoms with Crippen molar-refractivity contribution in [2.24, 2.45) is 0 Å². The Morgan fingerprint density at radius 2 is 2.00 bits per heavy atom. The van der Waals surface area contributed by atoms with E-state index in [0.717, 1.165) is 18.5 Å². The van der Waals surface area contributed by atoms with Gasteiger partial charge in [0.15, 0.2) is 0 Å². The van der Waals surface area contributed by atoms with E-state index in [2.05, 4.69) is 41.0 Å². The third kappa shape index (κ3) is 4.19. The molecule has 1 heterocycles. The zero-order chi connectivity index (χ0) is 13.8. The van der Waals surface area contributed by atoms with E-state index in [9.17, 15) is 4.79 Å². The van der Waals surface area contributed by atoms with E-state index >= 15 is 0 Å². The number of halogens is 1. The summed E-state index contributed by atoms with van der Waals surface area (Å²) in [6.45, 7) is 1.65. The van der Waals surface area contributed by atoms with E-state index in [1.54, 1.807) is 0 Å². The average Bonchev–Trinajstić information content (AvgIpc) is 2.98. The van der Waals surface area contributed by atoms with Gasteiger partial charge in [-0.3, -0.25) is 4.79 Å². The lowest BCUT2D eigenvalue weighted by Gasteiger charge is -2.10. The summed E-state index contributed by atoms with van der Waals surface area (Å²) in [5.74, 6) is 0.137. The summed E-state index contributed by atoms with van der Waals surface area (Å²) >= 11 is 0. The van der Waals surface area contributed by atoms with Gasteiger partial charge in [-0.25, -0.2) is 0 Å². The molecule has 1 unspecified atom stereocenters. The molecule has 1 aliphatic heterocycles. The van der Waals surface area contributed by atoms with Crippen molar-refractivity contribution in [2.45, 2.75) is 31.8 Å². The van der Waals surface area contributed by atoms with Gasteiger partial charge in [0.05, 0.1) is 0 Å². The van der Waals surface area contributed by atoms with Crippen molar-refractivity contribution in [3.63, 3.8) is 0 Å². The van der Waals surface area contributed by atoms with Crippen LogP contribution in [0.15, 0.2) is 42.5 Å². The molecule has 0 aromatic heterocycles. The first-order valence-electron chi connectivity index (χ1n) is 7.29. The second-order valence-electron chi connectivity index (χ2n) is 5.46. The zero-order valence-electron chi connectivity index (χ0n) is 12.0. The molecule has 0 saturated carbocycles. The summed E-state index contributed by atoms with van der Waals surface area (Å²) in [5, 5.41) is 8.81. The van der Waals surface area contributed by atoms with Crippen LogP contribution in [0, 0.1) is 0 Å². The van der Waals surface area contributed by atoms with E-state index in [1.165, 1.54) is 17.2 Å². The lowest BCUT2D eigenvalue weighted by molar-refractivity contribution is -0.121. The summed E-state index contributed by atoms with van der Waals surface area (Å²) in [6, 6.07) is 15.0. The van der Waals surface area contributed by atoms with Gasteiger partial charge >= 0.3 is 0 Å². The molecule has 112 valence electrons.